The summed E-state index contributed by atoms with van der Waals surface area (Å²) in [5, 5.41) is 1.01. The number of aryl methyl sites for hydroxylation is 1. The molecule has 0 aliphatic heterocycles. The van der Waals surface area contributed by atoms with Crippen LogP contribution in [0.25, 0.3) is 22.2 Å². The van der Waals surface area contributed by atoms with Crippen molar-refractivity contribution in [1.82, 2.24) is 4.98 Å². The van der Waals surface area contributed by atoms with Crippen LogP contribution in [0.2, 0.25) is 11.1 Å². The smallest absolute Gasteiger partial charge is 0.233 e. The standard InChI is InChI=1S/C28H31NO3Si/c1-19(2)33(20(3)4,31-18-22-12-8-6-9-13-22)24-16-17-29-26-27(30)25(21(5)32-28(24)26)23-14-10-7-11-15-23/h6-17,19-20H,18H2,1-5H3. The summed E-state index contributed by atoms with van der Waals surface area (Å²) in [4.78, 5) is 18.1. The van der Waals surface area contributed by atoms with Gasteiger partial charge in [-0.1, -0.05) is 88.4 Å². The van der Waals surface area contributed by atoms with Crippen LogP contribution in [0.4, 0.5) is 0 Å². The second-order valence-electron chi connectivity index (χ2n) is 9.14. The van der Waals surface area contributed by atoms with Crippen LogP contribution in [-0.4, -0.2) is 13.3 Å². The van der Waals surface area contributed by atoms with E-state index in [9.17, 15) is 4.79 Å². The second kappa shape index (κ2) is 9.46. The van der Waals surface area contributed by atoms with Crippen molar-refractivity contribution in [3.63, 3.8) is 0 Å². The number of benzene rings is 2. The summed E-state index contributed by atoms with van der Waals surface area (Å²) in [7, 11) is -2.59. The van der Waals surface area contributed by atoms with E-state index in [4.69, 9.17) is 8.84 Å². The number of hydrogen-bond acceptors (Lipinski definition) is 4. The quantitative estimate of drug-likeness (QED) is 0.303. The molecule has 0 bridgehead atoms. The monoisotopic (exact) mass is 457 g/mol. The average Bonchev–Trinajstić information content (AvgIpc) is 2.81. The van der Waals surface area contributed by atoms with E-state index in [-0.39, 0.29) is 16.5 Å². The number of nitrogens with zero attached hydrogens (tertiary/aromatic N) is 1. The largest absolute Gasteiger partial charge is 0.459 e. The maximum atomic E-state index is 13.6. The molecule has 4 nitrogen and oxygen atoms in total. The molecule has 2 aromatic carbocycles. The Morgan fingerprint density at radius 3 is 2.12 bits per heavy atom. The van der Waals surface area contributed by atoms with E-state index in [2.05, 4.69) is 44.8 Å². The van der Waals surface area contributed by atoms with Crippen LogP contribution in [-0.2, 0) is 11.0 Å². The molecule has 5 heteroatoms. The lowest BCUT2D eigenvalue weighted by molar-refractivity contribution is 0.283. The lowest BCUT2D eigenvalue weighted by Gasteiger charge is -2.39. The van der Waals surface area contributed by atoms with Gasteiger partial charge in [0.05, 0.1) is 12.2 Å². The van der Waals surface area contributed by atoms with Gasteiger partial charge in [-0.3, -0.25) is 4.79 Å². The Morgan fingerprint density at radius 2 is 1.52 bits per heavy atom. The molecule has 0 saturated heterocycles. The normalized spacial score (nSPS) is 12.1. The highest BCUT2D eigenvalue weighted by Crippen LogP contribution is 2.36. The minimum Gasteiger partial charge on any atom is -0.459 e. The molecule has 2 aromatic heterocycles. The Bertz CT molecular complexity index is 1290. The first kappa shape index (κ1) is 23.1. The van der Waals surface area contributed by atoms with Gasteiger partial charge >= 0.3 is 0 Å². The first-order valence-corrected chi connectivity index (χ1v) is 13.6. The molecule has 0 amide bonds. The van der Waals surface area contributed by atoms with Crippen LogP contribution in [0.1, 0.15) is 39.0 Å². The zero-order valence-corrected chi connectivity index (χ0v) is 21.0. The predicted octanol–water partition coefficient (Wildman–Crippen LogP) is 6.35. The SMILES string of the molecule is Cc1oc2c([Si](OCc3ccccc3)(C(C)C)C(C)C)ccnc2c(=O)c1-c1ccccc1. The van der Waals surface area contributed by atoms with E-state index in [1.54, 1.807) is 6.20 Å². The third kappa shape index (κ3) is 4.19. The number of aromatic nitrogens is 1. The number of hydrogen-bond donors (Lipinski definition) is 0. The zero-order chi connectivity index (χ0) is 23.6. The van der Waals surface area contributed by atoms with Crippen molar-refractivity contribution in [3.05, 3.63) is 94.5 Å². The van der Waals surface area contributed by atoms with E-state index < -0.39 is 8.32 Å². The van der Waals surface area contributed by atoms with Crippen molar-refractivity contribution >= 4 is 24.6 Å². The molecular formula is C28H31NO3Si. The minimum atomic E-state index is -2.59. The highest BCUT2D eigenvalue weighted by molar-refractivity contribution is 6.90. The molecule has 0 atom stereocenters. The Hall–Kier alpha value is -3.02. The molecule has 0 saturated carbocycles. The van der Waals surface area contributed by atoms with Crippen molar-refractivity contribution in [2.45, 2.75) is 52.3 Å². The van der Waals surface area contributed by atoms with E-state index in [1.807, 2.05) is 61.5 Å². The summed E-state index contributed by atoms with van der Waals surface area (Å²) in [5.74, 6) is 0.603. The van der Waals surface area contributed by atoms with Crippen molar-refractivity contribution in [2.24, 2.45) is 0 Å². The molecule has 33 heavy (non-hydrogen) atoms. The molecule has 0 unspecified atom stereocenters. The van der Waals surface area contributed by atoms with E-state index in [0.29, 0.717) is 29.0 Å². The van der Waals surface area contributed by atoms with Gasteiger partial charge in [0.15, 0.2) is 11.1 Å². The molecule has 4 aromatic rings. The summed E-state index contributed by atoms with van der Waals surface area (Å²) in [6.45, 7) is 11.2. The lowest BCUT2D eigenvalue weighted by atomic mass is 10.0. The maximum Gasteiger partial charge on any atom is 0.233 e. The Labute approximate surface area is 196 Å². The van der Waals surface area contributed by atoms with Crippen LogP contribution >= 0.6 is 0 Å². The fraction of sp³-hybridized carbons (Fsp3) is 0.286. The molecular weight excluding hydrogens is 426 g/mol. The highest BCUT2D eigenvalue weighted by Gasteiger charge is 2.46. The van der Waals surface area contributed by atoms with Crippen LogP contribution in [0, 0.1) is 6.92 Å². The Morgan fingerprint density at radius 1 is 0.909 bits per heavy atom. The van der Waals surface area contributed by atoms with Crippen molar-refractivity contribution in [3.8, 4) is 11.1 Å². The first-order chi connectivity index (χ1) is 15.9. The van der Waals surface area contributed by atoms with Gasteiger partial charge in [0, 0.05) is 11.4 Å². The predicted molar refractivity (Wildman–Crippen MR) is 137 cm³/mol. The van der Waals surface area contributed by atoms with Crippen molar-refractivity contribution < 1.29 is 8.84 Å². The van der Waals surface area contributed by atoms with Gasteiger partial charge in [0.1, 0.15) is 5.76 Å². The van der Waals surface area contributed by atoms with Gasteiger partial charge in [-0.05, 0) is 35.2 Å². The minimum absolute atomic E-state index is 0.0970. The molecule has 0 aliphatic rings. The summed E-state index contributed by atoms with van der Waals surface area (Å²) in [5.41, 5.74) is 3.93. The van der Waals surface area contributed by atoms with E-state index in [0.717, 1.165) is 16.3 Å². The maximum absolute atomic E-state index is 13.6. The Balaban J connectivity index is 1.92. The van der Waals surface area contributed by atoms with Gasteiger partial charge in [0.25, 0.3) is 0 Å². The second-order valence-corrected chi connectivity index (χ2v) is 13.9. The molecule has 0 spiro atoms. The molecule has 0 N–H and O–H groups in total. The molecule has 170 valence electrons. The van der Waals surface area contributed by atoms with Gasteiger partial charge in [-0.2, -0.15) is 0 Å². The van der Waals surface area contributed by atoms with Crippen LogP contribution < -0.4 is 10.6 Å². The fourth-order valence-corrected chi connectivity index (χ4v) is 9.58. The summed E-state index contributed by atoms with van der Waals surface area (Å²) in [6, 6.07) is 21.9. The summed E-state index contributed by atoms with van der Waals surface area (Å²) < 4.78 is 13.3. The molecule has 2 heterocycles. The first-order valence-electron chi connectivity index (χ1n) is 11.5. The van der Waals surface area contributed by atoms with Crippen LogP contribution in [0.5, 0.6) is 0 Å². The average molecular weight is 458 g/mol. The van der Waals surface area contributed by atoms with Gasteiger partial charge in [-0.25, -0.2) is 4.98 Å². The topological polar surface area (TPSA) is 52.3 Å². The summed E-state index contributed by atoms with van der Waals surface area (Å²) >= 11 is 0. The Kier molecular flexibility index (Phi) is 6.63. The molecule has 0 fully saturated rings. The van der Waals surface area contributed by atoms with Crippen LogP contribution in [0.15, 0.2) is 82.1 Å². The summed E-state index contributed by atoms with van der Waals surface area (Å²) in [6.07, 6.45) is 1.73. The lowest BCUT2D eigenvalue weighted by Crippen LogP contribution is -2.56. The van der Waals surface area contributed by atoms with Crippen molar-refractivity contribution in [2.75, 3.05) is 0 Å². The van der Waals surface area contributed by atoms with Gasteiger partial charge in [0.2, 0.25) is 13.7 Å². The highest BCUT2D eigenvalue weighted by atomic mass is 28.4. The molecule has 0 aliphatic carbocycles. The third-order valence-corrected chi connectivity index (χ3v) is 11.8. The van der Waals surface area contributed by atoms with Crippen LogP contribution in [0.3, 0.4) is 0 Å². The third-order valence-electron chi connectivity index (χ3n) is 6.47. The number of rotatable bonds is 7. The number of fused-ring (bicyclic) bond motifs is 1. The fourth-order valence-electron chi connectivity index (χ4n) is 4.92. The van der Waals surface area contributed by atoms with E-state index in [1.165, 1.54) is 0 Å². The van der Waals surface area contributed by atoms with Gasteiger partial charge in [-0.15, -0.1) is 0 Å². The van der Waals surface area contributed by atoms with Crippen molar-refractivity contribution in [1.29, 1.82) is 0 Å². The zero-order valence-electron chi connectivity index (χ0n) is 20.0. The molecule has 4 rings (SSSR count). The van der Waals surface area contributed by atoms with Gasteiger partial charge < -0.3 is 8.84 Å². The number of pyridine rings is 1. The van der Waals surface area contributed by atoms with E-state index >= 15 is 0 Å². The molecule has 0 radical (unpaired) electrons.